The molecule has 0 aliphatic carbocycles. The van der Waals surface area contributed by atoms with Crippen molar-refractivity contribution in [1.29, 1.82) is 0 Å². The lowest BCUT2D eigenvalue weighted by Crippen LogP contribution is -2.30. The molecule has 1 saturated heterocycles. The predicted octanol–water partition coefficient (Wildman–Crippen LogP) is 5.86. The lowest BCUT2D eigenvalue weighted by Gasteiger charge is -2.27. The first-order valence-electron chi connectivity index (χ1n) is 11.8. The van der Waals surface area contributed by atoms with E-state index < -0.39 is 11.6 Å². The number of aryl methyl sites for hydroxylation is 2. The minimum absolute atomic E-state index is 0.0641. The number of halogens is 2. The van der Waals surface area contributed by atoms with E-state index in [1.807, 2.05) is 32.0 Å². The smallest absolute Gasteiger partial charge is 0.255 e. The van der Waals surface area contributed by atoms with Crippen LogP contribution in [0.15, 0.2) is 63.9 Å². The maximum Gasteiger partial charge on any atom is 0.255 e. The molecule has 1 aliphatic heterocycles. The molecule has 0 unspecified atom stereocenters. The topological polar surface area (TPSA) is 51.3 Å². The van der Waals surface area contributed by atoms with Gasteiger partial charge in [0.1, 0.15) is 17.3 Å². The molecule has 2 aromatic heterocycles. The van der Waals surface area contributed by atoms with Gasteiger partial charge in [-0.2, -0.15) is 0 Å². The summed E-state index contributed by atoms with van der Waals surface area (Å²) in [4.78, 5) is 19.9. The predicted molar refractivity (Wildman–Crippen MR) is 132 cm³/mol. The molecule has 35 heavy (non-hydrogen) atoms. The van der Waals surface area contributed by atoms with Crippen LogP contribution in [0.3, 0.4) is 0 Å². The Morgan fingerprint density at radius 2 is 1.83 bits per heavy atom. The van der Waals surface area contributed by atoms with Crippen molar-refractivity contribution >= 4 is 0 Å². The Morgan fingerprint density at radius 3 is 2.54 bits per heavy atom. The van der Waals surface area contributed by atoms with E-state index in [0.717, 1.165) is 48.8 Å². The van der Waals surface area contributed by atoms with Gasteiger partial charge in [0.05, 0.1) is 11.3 Å². The molecule has 7 heteroatoms. The molecule has 2 aromatic carbocycles. The molecule has 1 aliphatic rings. The van der Waals surface area contributed by atoms with Crippen LogP contribution in [0.2, 0.25) is 0 Å². The monoisotopic (exact) mass is 475 g/mol. The van der Waals surface area contributed by atoms with Crippen LogP contribution in [0.4, 0.5) is 8.78 Å². The van der Waals surface area contributed by atoms with E-state index in [-0.39, 0.29) is 22.8 Å². The molecule has 0 amide bonds. The van der Waals surface area contributed by atoms with E-state index in [1.54, 1.807) is 16.8 Å². The van der Waals surface area contributed by atoms with Gasteiger partial charge in [-0.25, -0.2) is 13.8 Å². The lowest BCUT2D eigenvalue weighted by molar-refractivity contribution is 0.231. The number of likely N-dealkylation sites (tertiary alicyclic amines) is 1. The van der Waals surface area contributed by atoms with Crippen molar-refractivity contribution < 1.29 is 13.2 Å². The molecule has 5 rings (SSSR count). The van der Waals surface area contributed by atoms with Crippen molar-refractivity contribution in [2.24, 2.45) is 0 Å². The number of pyridine rings is 1. The number of rotatable bonds is 4. The van der Waals surface area contributed by atoms with Gasteiger partial charge in [-0.15, -0.1) is 0 Å². The number of aromatic nitrogens is 2. The number of hydrogen-bond donors (Lipinski definition) is 0. The van der Waals surface area contributed by atoms with Crippen LogP contribution in [-0.2, 0) is 0 Å². The first-order chi connectivity index (χ1) is 16.8. The highest BCUT2D eigenvalue weighted by Gasteiger charge is 2.28. The van der Waals surface area contributed by atoms with Gasteiger partial charge in [0.15, 0.2) is 11.7 Å². The van der Waals surface area contributed by atoms with Gasteiger partial charge in [-0.1, -0.05) is 18.2 Å². The molecule has 4 aromatic rings. The van der Waals surface area contributed by atoms with Crippen molar-refractivity contribution in [1.82, 2.24) is 14.5 Å². The number of hydrogen-bond acceptors (Lipinski definition) is 4. The van der Waals surface area contributed by atoms with Crippen LogP contribution in [0.1, 0.15) is 35.8 Å². The fourth-order valence-electron chi connectivity index (χ4n) is 4.92. The zero-order chi connectivity index (χ0) is 24.7. The first-order valence-corrected chi connectivity index (χ1v) is 11.8. The zero-order valence-electron chi connectivity index (χ0n) is 20.0. The van der Waals surface area contributed by atoms with Crippen LogP contribution in [0.25, 0.3) is 28.3 Å². The maximum atomic E-state index is 14.9. The Morgan fingerprint density at radius 1 is 1.06 bits per heavy atom. The summed E-state index contributed by atoms with van der Waals surface area (Å²) >= 11 is 0. The second-order valence-electron chi connectivity index (χ2n) is 9.32. The summed E-state index contributed by atoms with van der Waals surface area (Å²) in [5.74, 6) is -0.565. The lowest BCUT2D eigenvalue weighted by atomic mass is 9.98. The first kappa shape index (κ1) is 23.2. The molecule has 0 spiro atoms. The highest BCUT2D eigenvalue weighted by atomic mass is 19.1. The van der Waals surface area contributed by atoms with E-state index in [1.165, 1.54) is 18.2 Å². The van der Waals surface area contributed by atoms with E-state index in [4.69, 9.17) is 9.40 Å². The van der Waals surface area contributed by atoms with E-state index >= 15 is 0 Å². The third-order valence-electron chi connectivity index (χ3n) is 6.66. The minimum atomic E-state index is -0.724. The summed E-state index contributed by atoms with van der Waals surface area (Å²) in [6.07, 6.45) is 3.64. The van der Waals surface area contributed by atoms with Gasteiger partial charge >= 0.3 is 0 Å². The summed E-state index contributed by atoms with van der Waals surface area (Å²) in [6, 6.07) is 12.4. The summed E-state index contributed by atoms with van der Waals surface area (Å²) < 4.78 is 36.3. The summed E-state index contributed by atoms with van der Waals surface area (Å²) in [5, 5.41) is 0. The van der Waals surface area contributed by atoms with Crippen LogP contribution < -0.4 is 5.56 Å². The molecule has 1 fully saturated rings. The minimum Gasteiger partial charge on any atom is -0.440 e. The molecule has 0 saturated carbocycles. The van der Waals surface area contributed by atoms with Crippen LogP contribution in [-0.4, -0.2) is 34.6 Å². The van der Waals surface area contributed by atoms with Gasteiger partial charge in [0.2, 0.25) is 0 Å². The highest BCUT2D eigenvalue weighted by molar-refractivity contribution is 5.77. The molecular formula is C28H27F2N3O2. The molecule has 5 nitrogen and oxygen atoms in total. The third-order valence-corrected chi connectivity index (χ3v) is 6.66. The molecule has 0 N–H and O–H groups in total. The zero-order valence-corrected chi connectivity index (χ0v) is 20.0. The van der Waals surface area contributed by atoms with Gasteiger partial charge in [-0.3, -0.25) is 9.36 Å². The van der Waals surface area contributed by atoms with E-state index in [0.29, 0.717) is 17.1 Å². The average molecular weight is 476 g/mol. The standard InChI is InChI=1S/C28H27F2N3O2/c1-17-6-4-7-18(2)26(17)33-16-19(9-12-24(33)34)25-27(22-11-10-21(29)14-23(22)30)35-28(31-25)20-8-5-13-32(3)15-20/h4,6-7,9-12,14,16,20H,5,8,13,15H2,1-3H3/t20-/m0/s1. The highest BCUT2D eigenvalue weighted by Crippen LogP contribution is 2.38. The SMILES string of the molecule is Cc1cccc(C)c1-n1cc(-c2nc([C@H]3CCCN(C)C3)oc2-c2ccc(F)cc2F)ccc1=O. The number of benzene rings is 2. The molecule has 1 atom stereocenters. The molecular weight excluding hydrogens is 448 g/mol. The Hall–Kier alpha value is -3.58. The third kappa shape index (κ3) is 4.44. The fraction of sp³-hybridized carbons (Fsp3) is 0.286. The van der Waals surface area contributed by atoms with Crippen LogP contribution in [0, 0.1) is 25.5 Å². The van der Waals surface area contributed by atoms with Gasteiger partial charge in [0, 0.05) is 36.4 Å². The second-order valence-corrected chi connectivity index (χ2v) is 9.32. The Bertz CT molecular complexity index is 1440. The van der Waals surface area contributed by atoms with Crippen molar-refractivity contribution in [3.8, 4) is 28.3 Å². The van der Waals surface area contributed by atoms with Crippen molar-refractivity contribution in [2.45, 2.75) is 32.6 Å². The molecule has 3 heterocycles. The van der Waals surface area contributed by atoms with E-state index in [9.17, 15) is 13.6 Å². The van der Waals surface area contributed by atoms with Crippen molar-refractivity contribution in [3.05, 3.63) is 93.7 Å². The molecule has 0 radical (unpaired) electrons. The van der Waals surface area contributed by atoms with Gasteiger partial charge in [-0.05, 0) is 69.6 Å². The van der Waals surface area contributed by atoms with Crippen molar-refractivity contribution in [3.63, 3.8) is 0 Å². The summed E-state index contributed by atoms with van der Waals surface area (Å²) in [5.41, 5.74) is 3.71. The van der Waals surface area contributed by atoms with E-state index in [2.05, 4.69) is 11.9 Å². The molecule has 0 bridgehead atoms. The summed E-state index contributed by atoms with van der Waals surface area (Å²) in [6.45, 7) is 5.69. The Kier molecular flexibility index (Phi) is 6.11. The number of piperidine rings is 1. The number of para-hydroxylation sites is 1. The summed E-state index contributed by atoms with van der Waals surface area (Å²) in [7, 11) is 2.05. The second kappa shape index (κ2) is 9.23. The average Bonchev–Trinajstić information content (AvgIpc) is 3.25. The normalized spacial score (nSPS) is 16.5. The Balaban J connectivity index is 1.70. The number of likely N-dealkylation sites (N-methyl/N-ethyl adjacent to an activating group) is 1. The van der Waals surface area contributed by atoms with Crippen LogP contribution >= 0.6 is 0 Å². The van der Waals surface area contributed by atoms with Gasteiger partial charge in [0.25, 0.3) is 5.56 Å². The van der Waals surface area contributed by atoms with Crippen LogP contribution in [0.5, 0.6) is 0 Å². The van der Waals surface area contributed by atoms with Crippen molar-refractivity contribution in [2.75, 3.05) is 20.1 Å². The number of oxazole rings is 1. The number of nitrogens with zero attached hydrogens (tertiary/aromatic N) is 3. The van der Waals surface area contributed by atoms with Gasteiger partial charge < -0.3 is 9.32 Å². The quantitative estimate of drug-likeness (QED) is 0.371. The largest absolute Gasteiger partial charge is 0.440 e. The molecule has 180 valence electrons. The Labute approximate surface area is 202 Å². The fourth-order valence-corrected chi connectivity index (χ4v) is 4.92. The maximum absolute atomic E-state index is 14.9.